The maximum Gasteiger partial charge on any atom is 0.175 e. The summed E-state index contributed by atoms with van der Waals surface area (Å²) in [5.41, 5.74) is 1.02. The second-order valence-corrected chi connectivity index (χ2v) is 7.42. The number of piperidine rings is 1. The summed E-state index contributed by atoms with van der Waals surface area (Å²) in [6, 6.07) is 5.14. The lowest BCUT2D eigenvalue weighted by atomic mass is 9.91. The van der Waals surface area contributed by atoms with Crippen LogP contribution in [0.5, 0.6) is 0 Å². The molecule has 1 aliphatic rings. The lowest BCUT2D eigenvalue weighted by Gasteiger charge is -2.22. The molecule has 3 nitrogen and oxygen atoms in total. The number of nitrogens with one attached hydrogen (secondary N) is 1. The average molecular weight is 288 g/mol. The molecule has 1 aromatic rings. The normalized spacial score (nSPS) is 17.9. The van der Waals surface area contributed by atoms with E-state index >= 15 is 0 Å². The van der Waals surface area contributed by atoms with Gasteiger partial charge in [0, 0.05) is 11.3 Å². The molecular weight excluding hydrogens is 270 g/mol. The fourth-order valence-electron chi connectivity index (χ4n) is 2.37. The third kappa shape index (κ3) is 3.70. The number of benzene rings is 1. The Balaban J connectivity index is 2.20. The van der Waals surface area contributed by atoms with Gasteiger partial charge >= 0.3 is 0 Å². The fraction of sp³-hybridized carbons (Fsp3) is 0.538. The summed E-state index contributed by atoms with van der Waals surface area (Å²) < 4.78 is 23.1. The lowest BCUT2D eigenvalue weighted by Crippen LogP contribution is -2.28. The Morgan fingerprint density at radius 2 is 1.94 bits per heavy atom. The van der Waals surface area contributed by atoms with Crippen molar-refractivity contribution in [1.82, 2.24) is 5.32 Å². The summed E-state index contributed by atoms with van der Waals surface area (Å²) in [6.45, 7) is 2.09. The van der Waals surface area contributed by atoms with E-state index in [-0.39, 0.29) is 0 Å². The quantitative estimate of drug-likeness (QED) is 0.928. The van der Waals surface area contributed by atoms with Crippen LogP contribution in [0.15, 0.2) is 23.1 Å². The Morgan fingerprint density at radius 3 is 2.56 bits per heavy atom. The molecule has 1 aromatic carbocycles. The lowest BCUT2D eigenvalue weighted by molar-refractivity contribution is 0.372. The van der Waals surface area contributed by atoms with E-state index in [4.69, 9.17) is 11.6 Å². The minimum atomic E-state index is -3.19. The number of halogens is 1. The third-order valence-electron chi connectivity index (χ3n) is 3.34. The molecule has 1 heterocycles. The van der Waals surface area contributed by atoms with Crippen molar-refractivity contribution in [2.75, 3.05) is 19.3 Å². The van der Waals surface area contributed by atoms with Gasteiger partial charge in [0.2, 0.25) is 0 Å². The Kier molecular flexibility index (Phi) is 4.30. The Hall–Kier alpha value is -0.580. The Labute approximate surface area is 113 Å². The van der Waals surface area contributed by atoms with E-state index in [1.54, 1.807) is 6.07 Å². The molecule has 1 fully saturated rings. The molecule has 5 heteroatoms. The molecule has 0 saturated carbocycles. The second-order valence-electron chi connectivity index (χ2n) is 4.96. The largest absolute Gasteiger partial charge is 0.317 e. The van der Waals surface area contributed by atoms with E-state index in [1.165, 1.54) is 12.3 Å². The summed E-state index contributed by atoms with van der Waals surface area (Å²) in [4.78, 5) is 0.318. The van der Waals surface area contributed by atoms with Crippen molar-refractivity contribution in [3.63, 3.8) is 0 Å². The maximum atomic E-state index is 11.6. The van der Waals surface area contributed by atoms with Crippen molar-refractivity contribution in [2.24, 2.45) is 5.92 Å². The highest BCUT2D eigenvalue weighted by Crippen LogP contribution is 2.24. The van der Waals surface area contributed by atoms with Crippen LogP contribution in [-0.2, 0) is 16.3 Å². The molecule has 2 rings (SSSR count). The van der Waals surface area contributed by atoms with Gasteiger partial charge in [-0.3, -0.25) is 0 Å². The molecule has 1 aliphatic heterocycles. The molecular formula is C13H18ClNO2S. The van der Waals surface area contributed by atoms with Gasteiger partial charge in [0.1, 0.15) is 0 Å². The molecule has 0 unspecified atom stereocenters. The van der Waals surface area contributed by atoms with Gasteiger partial charge in [-0.05, 0) is 62.0 Å². The van der Waals surface area contributed by atoms with Crippen LogP contribution in [0.4, 0.5) is 0 Å². The first-order chi connectivity index (χ1) is 8.45. The van der Waals surface area contributed by atoms with Crippen LogP contribution < -0.4 is 5.32 Å². The van der Waals surface area contributed by atoms with Crippen LogP contribution in [-0.4, -0.2) is 27.8 Å². The summed E-state index contributed by atoms with van der Waals surface area (Å²) in [6.07, 6.45) is 4.40. The van der Waals surface area contributed by atoms with Crippen molar-refractivity contribution in [1.29, 1.82) is 0 Å². The summed E-state index contributed by atoms with van der Waals surface area (Å²) in [5.74, 6) is 0.622. The van der Waals surface area contributed by atoms with Crippen LogP contribution in [0, 0.1) is 5.92 Å². The van der Waals surface area contributed by atoms with Gasteiger partial charge in [0.25, 0.3) is 0 Å². The molecule has 0 aromatic heterocycles. The molecule has 0 bridgehead atoms. The van der Waals surface area contributed by atoms with Crippen molar-refractivity contribution in [3.05, 3.63) is 28.8 Å². The van der Waals surface area contributed by atoms with Crippen molar-refractivity contribution in [3.8, 4) is 0 Å². The van der Waals surface area contributed by atoms with Gasteiger partial charge in [-0.25, -0.2) is 8.42 Å². The smallest absolute Gasteiger partial charge is 0.175 e. The van der Waals surface area contributed by atoms with Crippen LogP contribution in [0.2, 0.25) is 5.02 Å². The zero-order valence-corrected chi connectivity index (χ0v) is 12.0. The number of hydrogen-bond acceptors (Lipinski definition) is 3. The molecule has 0 spiro atoms. The molecule has 0 aliphatic carbocycles. The fourth-order valence-corrected chi connectivity index (χ4v) is 3.40. The molecule has 1 saturated heterocycles. The predicted octanol–water partition coefficient (Wildman–Crippen LogP) is 2.29. The first-order valence-corrected chi connectivity index (χ1v) is 8.42. The Bertz CT molecular complexity index is 522. The maximum absolute atomic E-state index is 11.6. The highest BCUT2D eigenvalue weighted by molar-refractivity contribution is 7.90. The molecule has 0 atom stereocenters. The topological polar surface area (TPSA) is 46.2 Å². The van der Waals surface area contributed by atoms with Gasteiger partial charge in [0.15, 0.2) is 9.84 Å². The number of sulfone groups is 1. The van der Waals surface area contributed by atoms with Gasteiger partial charge < -0.3 is 5.32 Å². The van der Waals surface area contributed by atoms with E-state index in [0.717, 1.165) is 37.9 Å². The second kappa shape index (κ2) is 5.59. The first-order valence-electron chi connectivity index (χ1n) is 6.15. The zero-order valence-electron chi connectivity index (χ0n) is 10.4. The summed E-state index contributed by atoms with van der Waals surface area (Å²) in [7, 11) is -3.19. The van der Waals surface area contributed by atoms with Gasteiger partial charge in [-0.15, -0.1) is 0 Å². The SMILES string of the molecule is CS(=O)(=O)c1cc(Cl)cc(CC2CCNCC2)c1. The summed E-state index contributed by atoms with van der Waals surface area (Å²) in [5, 5.41) is 3.83. The molecule has 0 amide bonds. The van der Waals surface area contributed by atoms with Crippen LogP contribution >= 0.6 is 11.6 Å². The van der Waals surface area contributed by atoms with E-state index in [1.807, 2.05) is 6.07 Å². The number of rotatable bonds is 3. The zero-order chi connectivity index (χ0) is 13.2. The summed E-state index contributed by atoms with van der Waals surface area (Å²) >= 11 is 6.00. The molecule has 0 radical (unpaired) electrons. The van der Waals surface area contributed by atoms with Crippen LogP contribution in [0.25, 0.3) is 0 Å². The minimum absolute atomic E-state index is 0.318. The van der Waals surface area contributed by atoms with Crippen molar-refractivity contribution >= 4 is 21.4 Å². The minimum Gasteiger partial charge on any atom is -0.317 e. The first kappa shape index (κ1) is 13.8. The van der Waals surface area contributed by atoms with Gasteiger partial charge in [-0.2, -0.15) is 0 Å². The van der Waals surface area contributed by atoms with Crippen molar-refractivity contribution in [2.45, 2.75) is 24.2 Å². The van der Waals surface area contributed by atoms with Crippen molar-refractivity contribution < 1.29 is 8.42 Å². The van der Waals surface area contributed by atoms with Crippen LogP contribution in [0.3, 0.4) is 0 Å². The van der Waals surface area contributed by atoms with E-state index < -0.39 is 9.84 Å². The van der Waals surface area contributed by atoms with E-state index in [0.29, 0.717) is 15.8 Å². The van der Waals surface area contributed by atoms with Gasteiger partial charge in [-0.1, -0.05) is 11.6 Å². The highest BCUT2D eigenvalue weighted by atomic mass is 35.5. The van der Waals surface area contributed by atoms with Crippen LogP contribution in [0.1, 0.15) is 18.4 Å². The average Bonchev–Trinajstić information content (AvgIpc) is 2.28. The monoisotopic (exact) mass is 287 g/mol. The van der Waals surface area contributed by atoms with Gasteiger partial charge in [0.05, 0.1) is 4.90 Å². The van der Waals surface area contributed by atoms with E-state index in [9.17, 15) is 8.42 Å². The molecule has 18 heavy (non-hydrogen) atoms. The highest BCUT2D eigenvalue weighted by Gasteiger charge is 2.15. The molecule has 100 valence electrons. The molecule has 1 N–H and O–H groups in total. The Morgan fingerprint density at radius 1 is 1.28 bits per heavy atom. The standard InChI is InChI=1S/C13H18ClNO2S/c1-18(16,17)13-8-11(7-12(14)9-13)6-10-2-4-15-5-3-10/h7-10,15H,2-6H2,1H3. The number of hydrogen-bond donors (Lipinski definition) is 1. The predicted molar refractivity (Wildman–Crippen MR) is 73.9 cm³/mol. The third-order valence-corrected chi connectivity index (χ3v) is 4.65. The van der Waals surface area contributed by atoms with E-state index in [2.05, 4.69) is 5.32 Å².